The molecule has 0 spiro atoms. The molecule has 0 saturated carbocycles. The normalized spacial score (nSPS) is 10.6. The lowest BCUT2D eigenvalue weighted by molar-refractivity contribution is 0.102. The zero-order valence-electron chi connectivity index (χ0n) is 13.4. The molecule has 1 aromatic carbocycles. The summed E-state index contributed by atoms with van der Waals surface area (Å²) in [4.78, 5) is 31.2. The third kappa shape index (κ3) is 3.24. The first-order chi connectivity index (χ1) is 11.6. The molecule has 3 aromatic rings. The Hall–Kier alpha value is -3.22. The maximum absolute atomic E-state index is 12.4. The maximum atomic E-state index is 12.4. The number of benzene rings is 1. The number of H-pyrrole nitrogens is 1. The molecule has 122 valence electrons. The van der Waals surface area contributed by atoms with Crippen LogP contribution >= 0.6 is 0 Å². The number of aromatic amines is 1. The molecular weight excluding hydrogens is 306 g/mol. The van der Waals surface area contributed by atoms with Crippen molar-refractivity contribution >= 4 is 11.7 Å². The number of anilines is 1. The average Bonchev–Trinajstić information content (AvgIpc) is 2.95. The second-order valence-corrected chi connectivity index (χ2v) is 5.32. The summed E-state index contributed by atoms with van der Waals surface area (Å²) in [6.45, 7) is 3.72. The van der Waals surface area contributed by atoms with Crippen molar-refractivity contribution in [2.24, 2.45) is 0 Å². The van der Waals surface area contributed by atoms with Crippen LogP contribution in [0.4, 0.5) is 5.82 Å². The summed E-state index contributed by atoms with van der Waals surface area (Å²) in [6, 6.07) is 12.0. The van der Waals surface area contributed by atoms with E-state index in [2.05, 4.69) is 20.4 Å². The van der Waals surface area contributed by atoms with Crippen LogP contribution in [0.25, 0.3) is 5.95 Å². The van der Waals surface area contributed by atoms with E-state index in [1.54, 1.807) is 37.3 Å². The monoisotopic (exact) mass is 323 g/mol. The molecule has 7 heteroatoms. The van der Waals surface area contributed by atoms with Gasteiger partial charge in [0.15, 0.2) is 0 Å². The zero-order valence-corrected chi connectivity index (χ0v) is 13.4. The molecule has 7 nitrogen and oxygen atoms in total. The van der Waals surface area contributed by atoms with Gasteiger partial charge in [0.1, 0.15) is 5.82 Å². The molecule has 0 saturated heterocycles. The Morgan fingerprint density at radius 2 is 2.00 bits per heavy atom. The van der Waals surface area contributed by atoms with Gasteiger partial charge in [0.25, 0.3) is 11.5 Å². The highest BCUT2D eigenvalue weighted by Crippen LogP contribution is 2.15. The fourth-order valence-corrected chi connectivity index (χ4v) is 2.30. The lowest BCUT2D eigenvalue weighted by Gasteiger charge is -2.08. The van der Waals surface area contributed by atoms with E-state index < -0.39 is 0 Å². The molecule has 0 unspecified atom stereocenters. The van der Waals surface area contributed by atoms with Gasteiger partial charge in [0.2, 0.25) is 5.95 Å². The van der Waals surface area contributed by atoms with E-state index in [-0.39, 0.29) is 17.4 Å². The van der Waals surface area contributed by atoms with E-state index in [4.69, 9.17) is 0 Å². The van der Waals surface area contributed by atoms with Crippen LogP contribution in [0, 0.1) is 6.92 Å². The summed E-state index contributed by atoms with van der Waals surface area (Å²) < 4.78 is 1.43. The number of nitrogens with zero attached hydrogens (tertiary/aromatic N) is 3. The first-order valence-electron chi connectivity index (χ1n) is 7.60. The number of nitrogens with one attached hydrogen (secondary N) is 2. The Bertz CT molecular complexity index is 928. The van der Waals surface area contributed by atoms with Gasteiger partial charge in [0, 0.05) is 23.4 Å². The summed E-state index contributed by atoms with van der Waals surface area (Å²) >= 11 is 0. The largest absolute Gasteiger partial charge is 0.306 e. The predicted molar refractivity (Wildman–Crippen MR) is 90.5 cm³/mol. The molecule has 0 fully saturated rings. The first kappa shape index (κ1) is 15.7. The third-order valence-electron chi connectivity index (χ3n) is 3.45. The van der Waals surface area contributed by atoms with E-state index in [1.807, 2.05) is 13.0 Å². The Labute approximate surface area is 138 Å². The van der Waals surface area contributed by atoms with Crippen molar-refractivity contribution in [3.05, 3.63) is 69.8 Å². The van der Waals surface area contributed by atoms with Crippen LogP contribution in [0.3, 0.4) is 0 Å². The smallest absolute Gasteiger partial charge is 0.256 e. The fraction of sp³-hybridized carbons (Fsp3) is 0.176. The molecule has 3 rings (SSSR count). The number of carbonyl (C=O) groups is 1. The zero-order chi connectivity index (χ0) is 17.1. The molecule has 0 bridgehead atoms. The van der Waals surface area contributed by atoms with Crippen LogP contribution < -0.4 is 10.9 Å². The summed E-state index contributed by atoms with van der Waals surface area (Å²) in [5.74, 6) is 0.458. The van der Waals surface area contributed by atoms with Gasteiger partial charge in [-0.25, -0.2) is 4.98 Å². The number of amides is 1. The molecule has 0 aliphatic rings. The molecule has 0 atom stereocenters. The van der Waals surface area contributed by atoms with Gasteiger partial charge < -0.3 is 5.32 Å². The Morgan fingerprint density at radius 1 is 1.25 bits per heavy atom. The van der Waals surface area contributed by atoms with E-state index >= 15 is 0 Å². The van der Waals surface area contributed by atoms with Crippen molar-refractivity contribution in [3.63, 3.8) is 0 Å². The van der Waals surface area contributed by atoms with Crippen molar-refractivity contribution in [3.8, 4) is 5.95 Å². The first-order valence-corrected chi connectivity index (χ1v) is 7.60. The molecule has 0 aliphatic heterocycles. The minimum absolute atomic E-state index is 0.259. The lowest BCUT2D eigenvalue weighted by atomic mass is 10.2. The van der Waals surface area contributed by atoms with E-state index in [0.717, 1.165) is 0 Å². The molecule has 2 aromatic heterocycles. The number of aromatic nitrogens is 4. The van der Waals surface area contributed by atoms with Crippen LogP contribution in [0.15, 0.2) is 47.3 Å². The van der Waals surface area contributed by atoms with Gasteiger partial charge in [0.05, 0.1) is 5.69 Å². The van der Waals surface area contributed by atoms with Crippen molar-refractivity contribution in [2.75, 3.05) is 5.32 Å². The van der Waals surface area contributed by atoms with Crippen LogP contribution in [-0.4, -0.2) is 25.7 Å². The molecule has 24 heavy (non-hydrogen) atoms. The molecule has 0 aliphatic carbocycles. The standard InChI is InChI=1S/C17H17N5O2/c1-3-13-10-15(23)20-17(18-13)22-14(9-11(2)21-22)19-16(24)12-7-5-4-6-8-12/h4-10H,3H2,1-2H3,(H,19,24)(H,18,20,23). The summed E-state index contributed by atoms with van der Waals surface area (Å²) in [5.41, 5.74) is 1.63. The van der Waals surface area contributed by atoms with Gasteiger partial charge in [-0.3, -0.25) is 14.6 Å². The molecule has 0 radical (unpaired) electrons. The van der Waals surface area contributed by atoms with Crippen LogP contribution in [0.1, 0.15) is 28.7 Å². The minimum atomic E-state index is -0.259. The molecule has 2 heterocycles. The highest BCUT2D eigenvalue weighted by Gasteiger charge is 2.14. The van der Waals surface area contributed by atoms with E-state index in [9.17, 15) is 9.59 Å². The average molecular weight is 323 g/mol. The highest BCUT2D eigenvalue weighted by molar-refractivity contribution is 6.03. The second-order valence-electron chi connectivity index (χ2n) is 5.32. The van der Waals surface area contributed by atoms with Crippen LogP contribution in [-0.2, 0) is 6.42 Å². The van der Waals surface area contributed by atoms with Crippen molar-refractivity contribution in [1.82, 2.24) is 19.7 Å². The maximum Gasteiger partial charge on any atom is 0.256 e. The van der Waals surface area contributed by atoms with Crippen molar-refractivity contribution in [2.45, 2.75) is 20.3 Å². The number of hydrogen-bond acceptors (Lipinski definition) is 4. The predicted octanol–water partition coefficient (Wildman–Crippen LogP) is 2.08. The summed E-state index contributed by atoms with van der Waals surface area (Å²) in [7, 11) is 0. The number of carbonyl (C=O) groups excluding carboxylic acids is 1. The van der Waals surface area contributed by atoms with Gasteiger partial charge in [-0.05, 0) is 25.5 Å². The minimum Gasteiger partial charge on any atom is -0.306 e. The van der Waals surface area contributed by atoms with Gasteiger partial charge in [-0.2, -0.15) is 9.78 Å². The Morgan fingerprint density at radius 3 is 2.71 bits per heavy atom. The number of aryl methyl sites for hydroxylation is 2. The summed E-state index contributed by atoms with van der Waals surface area (Å²) in [6.07, 6.45) is 0.628. The van der Waals surface area contributed by atoms with Gasteiger partial charge in [-0.1, -0.05) is 25.1 Å². The molecular formula is C17H17N5O2. The SMILES string of the molecule is CCc1cc(=O)[nH]c(-n2nc(C)cc2NC(=O)c2ccccc2)n1. The van der Waals surface area contributed by atoms with Crippen LogP contribution in [0.2, 0.25) is 0 Å². The lowest BCUT2D eigenvalue weighted by Crippen LogP contribution is -2.19. The summed E-state index contributed by atoms with van der Waals surface area (Å²) in [5, 5.41) is 7.12. The number of rotatable bonds is 4. The molecule has 1 amide bonds. The molecule has 2 N–H and O–H groups in total. The van der Waals surface area contributed by atoms with E-state index in [0.29, 0.717) is 29.2 Å². The van der Waals surface area contributed by atoms with E-state index in [1.165, 1.54) is 10.7 Å². The quantitative estimate of drug-likeness (QED) is 0.769. The fourth-order valence-electron chi connectivity index (χ4n) is 2.30. The highest BCUT2D eigenvalue weighted by atomic mass is 16.1. The van der Waals surface area contributed by atoms with Crippen molar-refractivity contribution in [1.29, 1.82) is 0 Å². The second kappa shape index (κ2) is 6.49. The van der Waals surface area contributed by atoms with Crippen molar-refractivity contribution < 1.29 is 4.79 Å². The third-order valence-corrected chi connectivity index (χ3v) is 3.45. The van der Waals surface area contributed by atoms with Gasteiger partial charge >= 0.3 is 0 Å². The van der Waals surface area contributed by atoms with Gasteiger partial charge in [-0.15, -0.1) is 0 Å². The number of hydrogen-bond donors (Lipinski definition) is 2. The Balaban J connectivity index is 1.98. The Kier molecular flexibility index (Phi) is 4.24. The van der Waals surface area contributed by atoms with Crippen LogP contribution in [0.5, 0.6) is 0 Å². The topological polar surface area (TPSA) is 92.7 Å².